The molecule has 0 saturated heterocycles. The van der Waals surface area contributed by atoms with Crippen LogP contribution in [0.3, 0.4) is 0 Å². The lowest BCUT2D eigenvalue weighted by atomic mass is 9.91. The number of isocyanates is 1. The largest absolute Gasteiger partial charge is 0.507 e. The van der Waals surface area contributed by atoms with Crippen molar-refractivity contribution in [2.45, 2.75) is 103 Å². The molecule has 0 aromatic heterocycles. The summed E-state index contributed by atoms with van der Waals surface area (Å²) in [4.78, 5) is 50.1. The molecule has 0 unspecified atom stereocenters. The summed E-state index contributed by atoms with van der Waals surface area (Å²) < 4.78 is 95.6. The number of alkyl carbamates (subject to hydrolysis) is 1. The Kier molecular flexibility index (Phi) is 15.6. The zero-order valence-electron chi connectivity index (χ0n) is 37.3. The maximum atomic E-state index is 13.2. The van der Waals surface area contributed by atoms with Crippen LogP contribution in [0.1, 0.15) is 98.6 Å². The number of carbonyl (C=O) groups excluding carboxylic acids is 4. The van der Waals surface area contributed by atoms with Crippen LogP contribution in [0.5, 0.6) is 0 Å². The highest BCUT2D eigenvalue weighted by molar-refractivity contribution is 6.34. The van der Waals surface area contributed by atoms with Crippen molar-refractivity contribution in [2.75, 3.05) is 13.1 Å². The fourth-order valence-corrected chi connectivity index (χ4v) is 9.32. The average Bonchev–Trinajstić information content (AvgIpc) is 4.07. The molecule has 360 valence electrons. The fourth-order valence-electron chi connectivity index (χ4n) is 8.78. The predicted octanol–water partition coefficient (Wildman–Crippen LogP) is 13.5. The number of amides is 1. The van der Waals surface area contributed by atoms with E-state index in [1.54, 1.807) is 45.9 Å². The Balaban J connectivity index is 0.000000206. The number of nitrogens with one attached hydrogen (secondary N) is 1. The van der Waals surface area contributed by atoms with Crippen molar-refractivity contribution in [1.82, 2.24) is 5.32 Å². The number of esters is 2. The van der Waals surface area contributed by atoms with Gasteiger partial charge in [0.2, 0.25) is 6.08 Å². The third kappa shape index (κ3) is 10.8. The number of ether oxygens (including phenoxy) is 3. The molecule has 2 heterocycles. The van der Waals surface area contributed by atoms with Gasteiger partial charge in [0.15, 0.2) is 22.7 Å². The zero-order chi connectivity index (χ0) is 49.8. The summed E-state index contributed by atoms with van der Waals surface area (Å²) in [5.74, 6) is -1.14. The number of rotatable bonds is 7. The maximum absolute atomic E-state index is 13.2. The van der Waals surface area contributed by atoms with Gasteiger partial charge in [-0.1, -0.05) is 47.5 Å². The van der Waals surface area contributed by atoms with Crippen LogP contribution in [0.4, 0.5) is 31.1 Å². The molecule has 2 spiro atoms. The summed E-state index contributed by atoms with van der Waals surface area (Å²) in [6.45, 7) is 7.85. The van der Waals surface area contributed by atoms with E-state index >= 15 is 0 Å². The molecule has 2 N–H and O–H groups in total. The highest BCUT2D eigenvalue weighted by Gasteiger charge is 2.53. The number of halogens is 8. The number of aliphatic hydroxyl groups excluding tert-OH is 1. The van der Waals surface area contributed by atoms with Crippen molar-refractivity contribution >= 4 is 58.5 Å². The molecule has 2 saturated carbocycles. The molecule has 2 aliphatic heterocycles. The summed E-state index contributed by atoms with van der Waals surface area (Å²) in [6, 6.07) is 16.0. The first kappa shape index (κ1) is 51.3. The Bertz CT molecular complexity index is 2730. The molecule has 2 fully saturated rings. The van der Waals surface area contributed by atoms with Crippen molar-refractivity contribution < 1.29 is 64.8 Å². The molecule has 2 aliphatic carbocycles. The second-order valence-corrected chi connectivity index (χ2v) is 17.4. The number of alkyl halides is 6. The molecule has 4 aromatic rings. The van der Waals surface area contributed by atoms with Crippen molar-refractivity contribution in [1.29, 1.82) is 0 Å². The molecule has 0 atom stereocenters. The van der Waals surface area contributed by atoms with Gasteiger partial charge in [-0.25, -0.2) is 24.2 Å². The number of carbonyl (C=O) groups is 3. The minimum absolute atomic E-state index is 0.0778. The summed E-state index contributed by atoms with van der Waals surface area (Å²) in [7, 11) is 0. The summed E-state index contributed by atoms with van der Waals surface area (Å²) in [5.41, 5.74) is 0.135. The molecule has 8 rings (SSSR count). The molecule has 0 radical (unpaired) electrons. The first-order valence-corrected chi connectivity index (χ1v) is 22.5. The molecular weight excluding hydrogens is 941 g/mol. The van der Waals surface area contributed by atoms with Crippen LogP contribution in [0, 0.1) is 13.8 Å². The minimum atomic E-state index is -4.49. The number of aliphatic imine (C=N–C) groups is 1. The Hall–Kier alpha value is -6.09. The van der Waals surface area contributed by atoms with Crippen LogP contribution in [0.2, 0.25) is 10.0 Å². The van der Waals surface area contributed by atoms with E-state index in [1.807, 2.05) is 0 Å². The van der Waals surface area contributed by atoms with Crippen molar-refractivity contribution in [2.24, 2.45) is 4.99 Å². The summed E-state index contributed by atoms with van der Waals surface area (Å²) in [6.07, 6.45) is -2.68. The van der Waals surface area contributed by atoms with Crippen molar-refractivity contribution in [3.63, 3.8) is 0 Å². The lowest BCUT2D eigenvalue weighted by Gasteiger charge is -2.24. The van der Waals surface area contributed by atoms with Gasteiger partial charge in [-0.2, -0.15) is 26.3 Å². The maximum Gasteiger partial charge on any atom is 0.416 e. The minimum Gasteiger partial charge on any atom is -0.507 e. The average molecular weight is 988 g/mol. The first-order chi connectivity index (χ1) is 32.1. The van der Waals surface area contributed by atoms with Gasteiger partial charge in [0.25, 0.3) is 0 Å². The SMILES string of the molecule is CCN=C=O.CCNC(=O)OC1=C(c2cc(Cl)c(-c3cccc(C(F)(F)F)c3)cc2C)C(=O)OC12CCCC2.Cc1cc(-c2cccc(C(F)(F)F)c2)c(Cl)cc1C1=C(O)C2(CCCC2)OC1=O. The van der Waals surface area contributed by atoms with Crippen LogP contribution < -0.4 is 5.32 Å². The van der Waals surface area contributed by atoms with E-state index in [0.29, 0.717) is 83.3 Å². The second-order valence-electron chi connectivity index (χ2n) is 16.5. The normalized spacial score (nSPS) is 17.0. The number of benzene rings is 4. The van der Waals surface area contributed by atoms with E-state index in [0.717, 1.165) is 49.9 Å². The van der Waals surface area contributed by atoms with Gasteiger partial charge in [-0.05, 0) is 161 Å². The molecular formula is C50H46Cl2F6N2O8. The topological polar surface area (TPSA) is 141 Å². The van der Waals surface area contributed by atoms with Gasteiger partial charge in [0.1, 0.15) is 11.1 Å². The fraction of sp³-hybridized carbons (Fsp3) is 0.360. The molecule has 68 heavy (non-hydrogen) atoms. The van der Waals surface area contributed by atoms with E-state index in [1.165, 1.54) is 36.4 Å². The van der Waals surface area contributed by atoms with E-state index in [9.17, 15) is 45.8 Å². The summed E-state index contributed by atoms with van der Waals surface area (Å²) in [5, 5.41) is 13.7. The van der Waals surface area contributed by atoms with E-state index in [4.69, 9.17) is 42.2 Å². The standard InChI is InChI=1S/C25H23ClF3NO4.C22H18ClF3O3.C3H5NO/c1-3-30-23(32)33-21-20(22(31)34-24(21)9-4-5-10-24)17-13-19(26)18(11-14(17)2)15-7-6-8-16(12-15)25(27,28)29;1-12-9-16(13-5-4-6-14(10-13)22(24,25)26)17(23)11-15(12)18-19(27)21(29-20(18)28)7-2-3-8-21;1-2-4-3-5/h6-8,11-13H,3-5,9-10H2,1-2H3,(H,30,32);4-6,9-11,27H,2-3,7-8H2,1H3;2H2,1H3. The van der Waals surface area contributed by atoms with E-state index < -0.39 is 52.7 Å². The molecule has 0 bridgehead atoms. The number of hydrogen-bond donors (Lipinski definition) is 2. The van der Waals surface area contributed by atoms with Crippen LogP contribution >= 0.6 is 23.2 Å². The Labute approximate surface area is 398 Å². The third-order valence-electron chi connectivity index (χ3n) is 12.0. The molecule has 1 amide bonds. The Morgan fingerprint density at radius 1 is 0.721 bits per heavy atom. The highest BCUT2D eigenvalue weighted by Crippen LogP contribution is 2.50. The first-order valence-electron chi connectivity index (χ1n) is 21.7. The zero-order valence-corrected chi connectivity index (χ0v) is 38.8. The van der Waals surface area contributed by atoms with Gasteiger partial charge >= 0.3 is 30.4 Å². The molecule has 18 heteroatoms. The van der Waals surface area contributed by atoms with Crippen LogP contribution in [0.15, 0.2) is 89.3 Å². The second kappa shape index (κ2) is 20.6. The van der Waals surface area contributed by atoms with Crippen LogP contribution in [0.25, 0.3) is 33.4 Å². The van der Waals surface area contributed by atoms with E-state index in [2.05, 4.69) is 10.3 Å². The Morgan fingerprint density at radius 2 is 1.16 bits per heavy atom. The predicted molar refractivity (Wildman–Crippen MR) is 243 cm³/mol. The lowest BCUT2D eigenvalue weighted by molar-refractivity contribution is -0.147. The molecule has 4 aromatic carbocycles. The quantitative estimate of drug-likeness (QED) is 0.0613. The number of nitrogens with zero attached hydrogens (tertiary/aromatic N) is 1. The van der Waals surface area contributed by atoms with Gasteiger partial charge in [0, 0.05) is 34.3 Å². The van der Waals surface area contributed by atoms with Gasteiger partial charge in [0.05, 0.1) is 11.1 Å². The van der Waals surface area contributed by atoms with Crippen LogP contribution in [-0.4, -0.2) is 53.5 Å². The molecule has 10 nitrogen and oxygen atoms in total. The lowest BCUT2D eigenvalue weighted by Crippen LogP contribution is -2.33. The monoisotopic (exact) mass is 986 g/mol. The third-order valence-corrected chi connectivity index (χ3v) is 12.6. The van der Waals surface area contributed by atoms with E-state index in [-0.39, 0.29) is 32.7 Å². The summed E-state index contributed by atoms with van der Waals surface area (Å²) >= 11 is 12.9. The van der Waals surface area contributed by atoms with Crippen molar-refractivity contribution in [3.05, 3.63) is 128 Å². The Morgan fingerprint density at radius 3 is 1.59 bits per heavy atom. The number of aryl methyl sites for hydroxylation is 2. The number of aliphatic hydroxyl groups is 1. The van der Waals surface area contributed by atoms with Crippen LogP contribution in [-0.2, 0) is 40.9 Å². The highest BCUT2D eigenvalue weighted by atomic mass is 35.5. The van der Waals surface area contributed by atoms with Crippen molar-refractivity contribution in [3.8, 4) is 22.3 Å². The molecule has 4 aliphatic rings. The van der Waals surface area contributed by atoms with Gasteiger partial charge < -0.3 is 24.6 Å². The van der Waals surface area contributed by atoms with Gasteiger partial charge in [-0.3, -0.25) is 0 Å². The number of hydrogen-bond acceptors (Lipinski definition) is 9. The smallest absolute Gasteiger partial charge is 0.416 e. The van der Waals surface area contributed by atoms with Gasteiger partial charge in [-0.15, -0.1) is 0 Å².